The molecule has 10 heteroatoms. The molecule has 0 unspecified atom stereocenters. The van der Waals surface area contributed by atoms with Crippen molar-refractivity contribution in [3.8, 4) is 6.07 Å². The van der Waals surface area contributed by atoms with Gasteiger partial charge in [0.05, 0.1) is 17.8 Å². The topological polar surface area (TPSA) is 105 Å². The van der Waals surface area contributed by atoms with Gasteiger partial charge in [-0.05, 0) is 25.0 Å². The van der Waals surface area contributed by atoms with Gasteiger partial charge >= 0.3 is 0 Å². The van der Waals surface area contributed by atoms with E-state index in [0.29, 0.717) is 43.1 Å². The van der Waals surface area contributed by atoms with Crippen LogP contribution >= 0.6 is 0 Å². The monoisotopic (exact) mass is 418 g/mol. The van der Waals surface area contributed by atoms with E-state index in [4.69, 9.17) is 4.74 Å². The van der Waals surface area contributed by atoms with Crippen molar-refractivity contribution in [3.05, 3.63) is 41.9 Å². The fraction of sp³-hybridized carbons (Fsp3) is 0.476. The third-order valence-electron chi connectivity index (χ3n) is 6.75. The van der Waals surface area contributed by atoms with Crippen molar-refractivity contribution >= 4 is 17.5 Å². The Kier molecular flexibility index (Phi) is 3.86. The number of nitrogens with zero attached hydrogens (tertiary/aromatic N) is 8. The number of aryl methyl sites for hydroxylation is 1. The Bertz CT molecular complexity index is 1220. The van der Waals surface area contributed by atoms with Crippen LogP contribution < -0.4 is 4.90 Å². The highest BCUT2D eigenvalue weighted by Crippen LogP contribution is 2.47. The summed E-state index contributed by atoms with van der Waals surface area (Å²) in [5.74, 6) is 0.676. The molecule has 2 atom stereocenters. The number of ether oxygens (including phenoxy) is 1. The van der Waals surface area contributed by atoms with Crippen LogP contribution in [0.1, 0.15) is 42.9 Å². The van der Waals surface area contributed by atoms with E-state index in [1.54, 1.807) is 27.5 Å². The predicted octanol–water partition coefficient (Wildman–Crippen LogP) is 1.39. The molecule has 6 rings (SSSR count). The zero-order valence-corrected chi connectivity index (χ0v) is 17.2. The zero-order valence-electron chi connectivity index (χ0n) is 17.2. The first-order valence-electron chi connectivity index (χ1n) is 10.6. The number of pyridine rings is 1. The Morgan fingerprint density at radius 2 is 2.13 bits per heavy atom. The van der Waals surface area contributed by atoms with Gasteiger partial charge in [0, 0.05) is 50.9 Å². The second kappa shape index (κ2) is 6.52. The lowest BCUT2D eigenvalue weighted by atomic mass is 9.90. The van der Waals surface area contributed by atoms with Crippen LogP contribution in [-0.2, 0) is 16.6 Å². The summed E-state index contributed by atoms with van der Waals surface area (Å²) in [6, 6.07) is 5.71. The minimum atomic E-state index is -0.765. The number of hydrogen-bond donors (Lipinski definition) is 0. The van der Waals surface area contributed by atoms with E-state index in [2.05, 4.69) is 26.2 Å². The van der Waals surface area contributed by atoms with Gasteiger partial charge in [-0.3, -0.25) is 9.48 Å². The van der Waals surface area contributed by atoms with E-state index in [1.165, 1.54) is 0 Å². The number of anilines is 1. The summed E-state index contributed by atoms with van der Waals surface area (Å²) in [6.45, 7) is 1.26. The van der Waals surface area contributed by atoms with Gasteiger partial charge in [-0.1, -0.05) is 0 Å². The summed E-state index contributed by atoms with van der Waals surface area (Å²) in [5.41, 5.74) is 1.34. The van der Waals surface area contributed by atoms with E-state index in [0.717, 1.165) is 18.4 Å². The molecule has 0 bridgehead atoms. The van der Waals surface area contributed by atoms with Crippen molar-refractivity contribution in [3.63, 3.8) is 0 Å². The van der Waals surface area contributed by atoms with Gasteiger partial charge in [0.2, 0.25) is 5.95 Å². The smallest absolute Gasteiger partial charge is 0.257 e. The average molecular weight is 418 g/mol. The molecule has 0 aliphatic carbocycles. The van der Waals surface area contributed by atoms with Gasteiger partial charge in [-0.15, -0.1) is 5.10 Å². The van der Waals surface area contributed by atoms with Crippen molar-refractivity contribution in [1.29, 1.82) is 5.26 Å². The molecular weight excluding hydrogens is 396 g/mol. The Hall–Kier alpha value is -3.45. The first-order chi connectivity index (χ1) is 15.1. The third kappa shape index (κ3) is 2.66. The highest BCUT2D eigenvalue weighted by molar-refractivity contribution is 5.88. The highest BCUT2D eigenvalue weighted by atomic mass is 16.6. The Balaban J connectivity index is 1.21. The molecule has 6 heterocycles. The normalized spacial score (nSPS) is 24.8. The minimum Gasteiger partial charge on any atom is -0.342 e. The van der Waals surface area contributed by atoms with Crippen molar-refractivity contribution < 1.29 is 9.53 Å². The van der Waals surface area contributed by atoms with Gasteiger partial charge in [-0.2, -0.15) is 15.3 Å². The van der Waals surface area contributed by atoms with E-state index < -0.39 is 5.60 Å². The molecule has 3 fully saturated rings. The molecule has 0 aromatic carbocycles. The maximum Gasteiger partial charge on any atom is 0.257 e. The molecule has 0 N–H and O–H groups in total. The van der Waals surface area contributed by atoms with Gasteiger partial charge in [-0.25, -0.2) is 4.52 Å². The molecule has 158 valence electrons. The largest absolute Gasteiger partial charge is 0.342 e. The lowest BCUT2D eigenvalue weighted by Crippen LogP contribution is -2.50. The van der Waals surface area contributed by atoms with Gasteiger partial charge in [0.15, 0.2) is 11.2 Å². The molecule has 1 amide bonds. The molecule has 3 aliphatic heterocycles. The molecule has 0 radical (unpaired) electrons. The van der Waals surface area contributed by atoms with Crippen LogP contribution in [-0.4, -0.2) is 60.1 Å². The summed E-state index contributed by atoms with van der Waals surface area (Å²) in [7, 11) is 1.89. The van der Waals surface area contributed by atoms with Crippen LogP contribution in [0.15, 0.2) is 30.7 Å². The number of nitriles is 1. The first-order valence-corrected chi connectivity index (χ1v) is 10.6. The SMILES string of the molecule is Cn1cc([C@@H]2CC[C@H]3OC4(CCN(c5nc6c(C#N)cccn6n5)CC4)C(=O)N32)cn1. The molecule has 3 aromatic heterocycles. The Morgan fingerprint density at radius 3 is 2.87 bits per heavy atom. The fourth-order valence-corrected chi connectivity index (χ4v) is 5.17. The number of amides is 1. The standard InChI is InChI=1S/C21H22N8O2/c1-26-13-15(12-23-26)16-4-5-17-29(16)19(30)21(31-17)6-9-27(10-7-21)20-24-18-14(11-22)3-2-8-28(18)25-20/h2-3,8,12-13,16-17H,4-7,9-10H2,1H3/t16-,17+/m0/s1. The van der Waals surface area contributed by atoms with E-state index in [1.807, 2.05) is 24.3 Å². The number of rotatable bonds is 2. The summed E-state index contributed by atoms with van der Waals surface area (Å²) in [6.07, 6.45) is 8.40. The van der Waals surface area contributed by atoms with Crippen LogP contribution in [0.3, 0.4) is 0 Å². The number of hydrogen-bond acceptors (Lipinski definition) is 7. The molecule has 31 heavy (non-hydrogen) atoms. The highest BCUT2D eigenvalue weighted by Gasteiger charge is 2.58. The van der Waals surface area contributed by atoms with Crippen LogP contribution in [0.2, 0.25) is 0 Å². The van der Waals surface area contributed by atoms with Gasteiger partial charge < -0.3 is 14.5 Å². The lowest BCUT2D eigenvalue weighted by Gasteiger charge is -2.37. The second-order valence-corrected chi connectivity index (χ2v) is 8.52. The number of piperidine rings is 1. The van der Waals surface area contributed by atoms with Gasteiger partial charge in [0.25, 0.3) is 5.91 Å². The molecule has 0 saturated carbocycles. The van der Waals surface area contributed by atoms with Crippen molar-refractivity contribution in [1.82, 2.24) is 29.3 Å². The summed E-state index contributed by atoms with van der Waals surface area (Å²) >= 11 is 0. The summed E-state index contributed by atoms with van der Waals surface area (Å²) < 4.78 is 9.80. The average Bonchev–Trinajstić information content (AvgIpc) is 3.54. The van der Waals surface area contributed by atoms with Gasteiger partial charge in [0.1, 0.15) is 12.3 Å². The Morgan fingerprint density at radius 1 is 1.29 bits per heavy atom. The third-order valence-corrected chi connectivity index (χ3v) is 6.75. The molecule has 3 aliphatic rings. The molecule has 3 saturated heterocycles. The van der Waals surface area contributed by atoms with Crippen molar-refractivity contribution in [2.24, 2.45) is 7.05 Å². The number of aromatic nitrogens is 5. The van der Waals surface area contributed by atoms with E-state index in [9.17, 15) is 10.1 Å². The quantitative estimate of drug-likeness (QED) is 0.619. The molecule has 10 nitrogen and oxygen atoms in total. The zero-order chi connectivity index (χ0) is 21.2. The molecular formula is C21H22N8O2. The van der Waals surface area contributed by atoms with Crippen LogP contribution in [0.4, 0.5) is 5.95 Å². The molecule has 3 aromatic rings. The summed E-state index contributed by atoms with van der Waals surface area (Å²) in [4.78, 5) is 22.1. The van der Waals surface area contributed by atoms with Crippen LogP contribution in [0.25, 0.3) is 5.65 Å². The minimum absolute atomic E-state index is 0.0353. The van der Waals surface area contributed by atoms with E-state index >= 15 is 0 Å². The maximum absolute atomic E-state index is 13.5. The number of carbonyl (C=O) groups excluding carboxylic acids is 1. The predicted molar refractivity (Wildman–Crippen MR) is 109 cm³/mol. The molecule has 1 spiro atoms. The van der Waals surface area contributed by atoms with Crippen molar-refractivity contribution in [2.75, 3.05) is 18.0 Å². The number of fused-ring (bicyclic) bond motifs is 2. The summed E-state index contributed by atoms with van der Waals surface area (Å²) in [5, 5.41) is 18.1. The van der Waals surface area contributed by atoms with Crippen LogP contribution in [0, 0.1) is 11.3 Å². The first kappa shape index (κ1) is 18.3. The number of carbonyl (C=O) groups is 1. The van der Waals surface area contributed by atoms with Crippen LogP contribution in [0.5, 0.6) is 0 Å². The second-order valence-electron chi connectivity index (χ2n) is 8.52. The fourth-order valence-electron chi connectivity index (χ4n) is 5.17. The maximum atomic E-state index is 13.5. The van der Waals surface area contributed by atoms with E-state index in [-0.39, 0.29) is 18.2 Å². The van der Waals surface area contributed by atoms with Crippen molar-refractivity contribution in [2.45, 2.75) is 43.6 Å². The Labute approximate surface area is 178 Å². The lowest BCUT2D eigenvalue weighted by molar-refractivity contribution is -0.140.